The Balaban J connectivity index is 1.93. The molecule has 0 unspecified atom stereocenters. The summed E-state index contributed by atoms with van der Waals surface area (Å²) in [5.74, 6) is -0.561. The van der Waals surface area contributed by atoms with Crippen molar-refractivity contribution in [3.8, 4) is 22.3 Å². The first-order valence-electron chi connectivity index (χ1n) is 9.28. The van der Waals surface area contributed by atoms with Gasteiger partial charge in [0.1, 0.15) is 12.1 Å². The largest absolute Gasteiger partial charge is 0.417 e. The van der Waals surface area contributed by atoms with Crippen molar-refractivity contribution in [1.29, 1.82) is 0 Å². The fourth-order valence-electron chi connectivity index (χ4n) is 3.75. The Morgan fingerprint density at radius 2 is 1.61 bits per heavy atom. The number of H-pyrrole nitrogens is 1. The van der Waals surface area contributed by atoms with Crippen LogP contribution in [0.15, 0.2) is 65.5 Å². The maximum atomic E-state index is 13.9. The number of hydrogen-bond acceptors (Lipinski definition) is 2. The number of fused-ring (bicyclic) bond motifs is 1. The van der Waals surface area contributed by atoms with Gasteiger partial charge in [-0.3, -0.25) is 9.59 Å². The third-order valence-electron chi connectivity index (χ3n) is 5.16. The molecule has 1 N–H and O–H groups in total. The Kier molecular flexibility index (Phi) is 4.97. The number of carbonyl (C=O) groups is 1. The van der Waals surface area contributed by atoms with Crippen molar-refractivity contribution in [1.82, 2.24) is 4.98 Å². The lowest BCUT2D eigenvalue weighted by Gasteiger charge is -2.15. The molecule has 0 aliphatic heterocycles. The van der Waals surface area contributed by atoms with Crippen LogP contribution in [0.25, 0.3) is 33.2 Å². The SMILES string of the molecule is Cc1c(-c2cc(F)cc(C=O)c2)cccc1-c1ccc2[nH]c(=O)cc(C(F)(F)F)c2c1. The zero-order valence-corrected chi connectivity index (χ0v) is 16.2. The summed E-state index contributed by atoms with van der Waals surface area (Å²) in [6.07, 6.45) is -4.14. The number of hydrogen-bond donors (Lipinski definition) is 1. The number of alkyl halides is 3. The predicted molar refractivity (Wildman–Crippen MR) is 111 cm³/mol. The van der Waals surface area contributed by atoms with Crippen LogP contribution in [0, 0.1) is 12.7 Å². The maximum absolute atomic E-state index is 13.9. The highest BCUT2D eigenvalue weighted by Crippen LogP contribution is 2.37. The molecule has 0 fully saturated rings. The van der Waals surface area contributed by atoms with Gasteiger partial charge in [0.2, 0.25) is 5.56 Å². The molecular weight excluding hydrogens is 410 g/mol. The van der Waals surface area contributed by atoms with Gasteiger partial charge in [0, 0.05) is 22.5 Å². The van der Waals surface area contributed by atoms with Crippen LogP contribution < -0.4 is 5.56 Å². The molecule has 1 aromatic heterocycles. The molecule has 0 aliphatic rings. The molecule has 0 saturated heterocycles. The van der Waals surface area contributed by atoms with E-state index in [1.54, 1.807) is 37.3 Å². The second-order valence-electron chi connectivity index (χ2n) is 7.17. The van der Waals surface area contributed by atoms with Gasteiger partial charge in [0.05, 0.1) is 5.56 Å². The summed E-state index contributed by atoms with van der Waals surface area (Å²) in [5, 5.41) is -0.122. The minimum absolute atomic E-state index is 0.0816. The molecule has 3 nitrogen and oxygen atoms in total. The topological polar surface area (TPSA) is 49.9 Å². The molecule has 0 atom stereocenters. The molecule has 0 bridgehead atoms. The molecule has 31 heavy (non-hydrogen) atoms. The van der Waals surface area contributed by atoms with Gasteiger partial charge in [-0.25, -0.2) is 4.39 Å². The van der Waals surface area contributed by atoms with E-state index in [9.17, 15) is 27.2 Å². The zero-order valence-electron chi connectivity index (χ0n) is 16.2. The highest BCUT2D eigenvalue weighted by atomic mass is 19.4. The van der Waals surface area contributed by atoms with Crippen molar-refractivity contribution in [2.45, 2.75) is 13.1 Å². The van der Waals surface area contributed by atoms with Crippen LogP contribution in [0.5, 0.6) is 0 Å². The fraction of sp³-hybridized carbons (Fsp3) is 0.0833. The molecule has 1 heterocycles. The van der Waals surface area contributed by atoms with Gasteiger partial charge < -0.3 is 4.98 Å². The number of nitrogens with one attached hydrogen (secondary N) is 1. The number of halogens is 4. The summed E-state index contributed by atoms with van der Waals surface area (Å²) >= 11 is 0. The number of aldehydes is 1. The fourth-order valence-corrected chi connectivity index (χ4v) is 3.75. The van der Waals surface area contributed by atoms with E-state index in [0.717, 1.165) is 6.07 Å². The van der Waals surface area contributed by atoms with Gasteiger partial charge in [-0.1, -0.05) is 24.3 Å². The summed E-state index contributed by atoms with van der Waals surface area (Å²) in [5.41, 5.74) is 1.43. The first-order valence-corrected chi connectivity index (χ1v) is 9.28. The molecule has 0 aliphatic carbocycles. The van der Waals surface area contributed by atoms with Crippen LogP contribution in [0.2, 0.25) is 0 Å². The predicted octanol–water partition coefficient (Wildman–Crippen LogP) is 6.14. The van der Waals surface area contributed by atoms with Crippen LogP contribution in [0.1, 0.15) is 21.5 Å². The maximum Gasteiger partial charge on any atom is 0.417 e. The van der Waals surface area contributed by atoms with Crippen molar-refractivity contribution >= 4 is 17.2 Å². The van der Waals surface area contributed by atoms with Crippen molar-refractivity contribution < 1.29 is 22.4 Å². The molecule has 4 aromatic rings. The highest BCUT2D eigenvalue weighted by Gasteiger charge is 2.33. The van der Waals surface area contributed by atoms with Crippen LogP contribution in [-0.4, -0.2) is 11.3 Å². The van der Waals surface area contributed by atoms with Gasteiger partial charge in [0.25, 0.3) is 0 Å². The summed E-state index contributed by atoms with van der Waals surface area (Å²) in [4.78, 5) is 25.1. The second kappa shape index (κ2) is 7.50. The lowest BCUT2D eigenvalue weighted by atomic mass is 9.91. The number of rotatable bonds is 3. The van der Waals surface area contributed by atoms with E-state index >= 15 is 0 Å². The monoisotopic (exact) mass is 425 g/mol. The number of carbonyl (C=O) groups excluding carboxylic acids is 1. The Hall–Kier alpha value is -3.74. The van der Waals surface area contributed by atoms with E-state index < -0.39 is 23.1 Å². The van der Waals surface area contributed by atoms with E-state index in [4.69, 9.17) is 0 Å². The lowest BCUT2D eigenvalue weighted by Crippen LogP contribution is -2.13. The number of aromatic nitrogens is 1. The van der Waals surface area contributed by atoms with Gasteiger partial charge in [-0.15, -0.1) is 0 Å². The van der Waals surface area contributed by atoms with Crippen molar-refractivity contribution in [3.05, 3.63) is 93.5 Å². The number of aromatic amines is 1. The lowest BCUT2D eigenvalue weighted by molar-refractivity contribution is -0.136. The summed E-state index contributed by atoms with van der Waals surface area (Å²) in [6.45, 7) is 1.78. The average Bonchev–Trinajstić information content (AvgIpc) is 2.72. The van der Waals surface area contributed by atoms with Gasteiger partial charge in [-0.05, 0) is 65.1 Å². The Morgan fingerprint density at radius 3 is 2.29 bits per heavy atom. The standard InChI is InChI=1S/C24H15F4NO2/c1-13-18(3-2-4-19(13)16-7-14(12-30)8-17(25)9-16)15-5-6-22-20(10-15)21(24(26,27)28)11-23(31)29-22/h2-12H,1H3,(H,29,31). The number of pyridine rings is 1. The van der Waals surface area contributed by atoms with Crippen molar-refractivity contribution in [3.63, 3.8) is 0 Å². The number of benzene rings is 3. The molecule has 0 amide bonds. The Morgan fingerprint density at radius 1 is 0.903 bits per heavy atom. The Bertz CT molecular complexity index is 1390. The van der Waals surface area contributed by atoms with Crippen molar-refractivity contribution in [2.24, 2.45) is 0 Å². The van der Waals surface area contributed by atoms with E-state index in [2.05, 4.69) is 4.98 Å². The molecular formula is C24H15F4NO2. The summed E-state index contributed by atoms with van der Waals surface area (Å²) in [7, 11) is 0. The summed E-state index contributed by atoms with van der Waals surface area (Å²) in [6, 6.07) is 14.2. The second-order valence-corrected chi connectivity index (χ2v) is 7.17. The van der Waals surface area contributed by atoms with E-state index in [-0.39, 0.29) is 16.5 Å². The third-order valence-corrected chi connectivity index (χ3v) is 5.16. The Labute approximate surface area is 174 Å². The minimum Gasteiger partial charge on any atom is -0.322 e. The van der Waals surface area contributed by atoms with Gasteiger partial charge in [0.15, 0.2) is 0 Å². The van der Waals surface area contributed by atoms with E-state index in [1.165, 1.54) is 18.2 Å². The third kappa shape index (κ3) is 3.86. The quantitative estimate of drug-likeness (QED) is 0.317. The summed E-state index contributed by atoms with van der Waals surface area (Å²) < 4.78 is 54.4. The van der Waals surface area contributed by atoms with Gasteiger partial charge in [-0.2, -0.15) is 13.2 Å². The van der Waals surface area contributed by atoms with Crippen LogP contribution in [0.3, 0.4) is 0 Å². The zero-order chi connectivity index (χ0) is 22.3. The normalized spacial score (nSPS) is 11.6. The van der Waals surface area contributed by atoms with Gasteiger partial charge >= 0.3 is 6.18 Å². The molecule has 0 saturated carbocycles. The van der Waals surface area contributed by atoms with E-state index in [0.29, 0.717) is 40.2 Å². The first kappa shape index (κ1) is 20.5. The van der Waals surface area contributed by atoms with E-state index in [1.807, 2.05) is 0 Å². The smallest absolute Gasteiger partial charge is 0.322 e. The van der Waals surface area contributed by atoms with Crippen molar-refractivity contribution in [2.75, 3.05) is 0 Å². The molecule has 7 heteroatoms. The molecule has 3 aromatic carbocycles. The first-order chi connectivity index (χ1) is 14.7. The average molecular weight is 425 g/mol. The van der Waals surface area contributed by atoms with Crippen LogP contribution in [-0.2, 0) is 6.18 Å². The van der Waals surface area contributed by atoms with Crippen LogP contribution in [0.4, 0.5) is 17.6 Å². The minimum atomic E-state index is -4.69. The molecule has 4 rings (SSSR count). The molecule has 0 spiro atoms. The highest BCUT2D eigenvalue weighted by molar-refractivity contribution is 5.89. The molecule has 156 valence electrons. The molecule has 0 radical (unpaired) electrons. The van der Waals surface area contributed by atoms with Crippen LogP contribution >= 0.6 is 0 Å².